The number of aryl methyl sites for hydroxylation is 1. The number of nitrogens with two attached hydrogens (primary N) is 1. The zero-order chi connectivity index (χ0) is 14.8. The van der Waals surface area contributed by atoms with Gasteiger partial charge in [0.1, 0.15) is 12.4 Å². The largest absolute Gasteiger partial charge is 0.383 e. The number of benzene rings is 1. The molecular formula is C14H14ClN5O. The lowest BCUT2D eigenvalue weighted by Crippen LogP contribution is -2.04. The van der Waals surface area contributed by atoms with Gasteiger partial charge in [-0.2, -0.15) is 5.10 Å². The third kappa shape index (κ3) is 2.96. The van der Waals surface area contributed by atoms with Crippen LogP contribution in [0.5, 0.6) is 0 Å². The first-order valence-electron chi connectivity index (χ1n) is 6.40. The maximum absolute atomic E-state index is 5.90. The van der Waals surface area contributed by atoms with Crippen LogP contribution in [0.15, 0.2) is 30.5 Å². The fourth-order valence-corrected chi connectivity index (χ4v) is 2.12. The van der Waals surface area contributed by atoms with Crippen molar-refractivity contribution in [3.05, 3.63) is 46.9 Å². The van der Waals surface area contributed by atoms with Crippen LogP contribution in [0, 0.1) is 0 Å². The number of anilines is 1. The van der Waals surface area contributed by atoms with Crippen molar-refractivity contribution < 1.29 is 4.74 Å². The Morgan fingerprint density at radius 3 is 2.71 bits per heavy atom. The van der Waals surface area contributed by atoms with Crippen LogP contribution in [0.3, 0.4) is 0 Å². The second-order valence-corrected chi connectivity index (χ2v) is 5.09. The summed E-state index contributed by atoms with van der Waals surface area (Å²) in [6.07, 6.45) is 1.66. The van der Waals surface area contributed by atoms with E-state index in [1.54, 1.807) is 10.9 Å². The van der Waals surface area contributed by atoms with E-state index in [1.165, 1.54) is 0 Å². The summed E-state index contributed by atoms with van der Waals surface area (Å²) in [5.41, 5.74) is 7.63. The molecule has 0 aliphatic carbocycles. The number of ether oxygens (including phenoxy) is 1. The lowest BCUT2D eigenvalue weighted by molar-refractivity contribution is 0.102. The number of nitrogen functional groups attached to an aromatic ring is 1. The van der Waals surface area contributed by atoms with Crippen LogP contribution >= 0.6 is 11.6 Å². The van der Waals surface area contributed by atoms with E-state index in [2.05, 4.69) is 15.1 Å². The first-order chi connectivity index (χ1) is 10.1. The van der Waals surface area contributed by atoms with Gasteiger partial charge in [-0.15, -0.1) is 0 Å². The Morgan fingerprint density at radius 1 is 1.19 bits per heavy atom. The fourth-order valence-electron chi connectivity index (χ4n) is 2.00. The summed E-state index contributed by atoms with van der Waals surface area (Å²) in [5, 5.41) is 5.57. The van der Waals surface area contributed by atoms with Gasteiger partial charge in [-0.05, 0) is 17.7 Å². The van der Waals surface area contributed by atoms with Crippen LogP contribution in [-0.4, -0.2) is 19.7 Å². The van der Waals surface area contributed by atoms with Gasteiger partial charge in [0.05, 0.1) is 18.2 Å². The summed E-state index contributed by atoms with van der Waals surface area (Å²) < 4.78 is 7.28. The molecule has 0 aliphatic heterocycles. The predicted molar refractivity (Wildman–Crippen MR) is 80.7 cm³/mol. The van der Waals surface area contributed by atoms with E-state index in [-0.39, 0.29) is 6.61 Å². The van der Waals surface area contributed by atoms with Gasteiger partial charge in [0.25, 0.3) is 0 Å². The van der Waals surface area contributed by atoms with E-state index < -0.39 is 0 Å². The highest BCUT2D eigenvalue weighted by molar-refractivity contribution is 6.30. The van der Waals surface area contributed by atoms with Crippen LogP contribution in [0.1, 0.15) is 11.4 Å². The average Bonchev–Trinajstić information content (AvgIpc) is 2.83. The predicted octanol–water partition coefficient (Wildman–Crippen LogP) is 2.32. The Hall–Kier alpha value is -2.18. The molecule has 2 aromatic heterocycles. The van der Waals surface area contributed by atoms with E-state index in [0.29, 0.717) is 28.9 Å². The highest BCUT2D eigenvalue weighted by Crippen LogP contribution is 2.17. The molecule has 0 atom stereocenters. The van der Waals surface area contributed by atoms with Crippen LogP contribution in [0.4, 0.5) is 5.82 Å². The fraction of sp³-hybridized carbons (Fsp3) is 0.214. The summed E-state index contributed by atoms with van der Waals surface area (Å²) in [7, 11) is 1.81. The highest BCUT2D eigenvalue weighted by Gasteiger charge is 2.09. The van der Waals surface area contributed by atoms with Crippen molar-refractivity contribution in [2.75, 3.05) is 5.73 Å². The van der Waals surface area contributed by atoms with Crippen molar-refractivity contribution in [3.63, 3.8) is 0 Å². The molecular weight excluding hydrogens is 290 g/mol. The Kier molecular flexibility index (Phi) is 3.72. The van der Waals surface area contributed by atoms with Gasteiger partial charge in [-0.3, -0.25) is 4.68 Å². The second-order valence-electron chi connectivity index (χ2n) is 4.65. The summed E-state index contributed by atoms with van der Waals surface area (Å²) in [6.45, 7) is 0.748. The van der Waals surface area contributed by atoms with Gasteiger partial charge in [0.15, 0.2) is 11.5 Å². The van der Waals surface area contributed by atoms with E-state index >= 15 is 0 Å². The van der Waals surface area contributed by atoms with Crippen molar-refractivity contribution in [1.82, 2.24) is 19.7 Å². The molecule has 21 heavy (non-hydrogen) atoms. The van der Waals surface area contributed by atoms with Crippen LogP contribution in [-0.2, 0) is 25.0 Å². The normalized spacial score (nSPS) is 11.1. The summed E-state index contributed by atoms with van der Waals surface area (Å²) in [4.78, 5) is 8.63. The van der Waals surface area contributed by atoms with E-state index in [1.807, 2.05) is 31.3 Å². The third-order valence-corrected chi connectivity index (χ3v) is 3.33. The van der Waals surface area contributed by atoms with Crippen molar-refractivity contribution in [2.45, 2.75) is 13.2 Å². The molecule has 108 valence electrons. The Balaban J connectivity index is 1.70. The minimum atomic E-state index is 0.286. The maximum Gasteiger partial charge on any atom is 0.163 e. The number of nitrogens with zero attached hydrogens (tertiary/aromatic N) is 4. The zero-order valence-corrected chi connectivity index (χ0v) is 12.2. The molecule has 2 N–H and O–H groups in total. The third-order valence-electron chi connectivity index (χ3n) is 3.08. The van der Waals surface area contributed by atoms with E-state index in [9.17, 15) is 0 Å². The molecule has 0 aliphatic rings. The molecule has 1 aromatic carbocycles. The molecule has 0 radical (unpaired) electrons. The molecule has 3 aromatic rings. The highest BCUT2D eigenvalue weighted by atomic mass is 35.5. The quantitative estimate of drug-likeness (QED) is 0.800. The maximum atomic E-state index is 5.90. The van der Waals surface area contributed by atoms with Gasteiger partial charge >= 0.3 is 0 Å². The lowest BCUT2D eigenvalue weighted by Gasteiger charge is -2.05. The number of fused-ring (bicyclic) bond motifs is 1. The van der Waals surface area contributed by atoms with Crippen LogP contribution < -0.4 is 5.73 Å². The average molecular weight is 304 g/mol. The van der Waals surface area contributed by atoms with Gasteiger partial charge in [-0.1, -0.05) is 23.7 Å². The van der Waals surface area contributed by atoms with E-state index in [4.69, 9.17) is 22.1 Å². The number of halogens is 1. The van der Waals surface area contributed by atoms with Gasteiger partial charge in [-0.25, -0.2) is 9.97 Å². The molecule has 0 spiro atoms. The first kappa shape index (κ1) is 13.8. The SMILES string of the molecule is Cn1ncc2c(N)nc(COCc3ccc(Cl)cc3)nc21. The molecule has 0 saturated heterocycles. The van der Waals surface area contributed by atoms with Crippen molar-refractivity contribution in [2.24, 2.45) is 7.05 Å². The zero-order valence-electron chi connectivity index (χ0n) is 11.5. The van der Waals surface area contributed by atoms with Gasteiger partial charge in [0, 0.05) is 12.1 Å². The summed E-state index contributed by atoms with van der Waals surface area (Å²) in [6, 6.07) is 7.50. The first-order valence-corrected chi connectivity index (χ1v) is 6.77. The Morgan fingerprint density at radius 2 is 1.95 bits per heavy atom. The molecule has 0 fully saturated rings. The molecule has 6 nitrogen and oxygen atoms in total. The molecule has 2 heterocycles. The Labute approximate surface area is 126 Å². The number of rotatable bonds is 4. The molecule has 7 heteroatoms. The molecule has 0 saturated carbocycles. The van der Waals surface area contributed by atoms with Crippen LogP contribution in [0.2, 0.25) is 5.02 Å². The minimum absolute atomic E-state index is 0.286. The van der Waals surface area contributed by atoms with Crippen molar-refractivity contribution >= 4 is 28.5 Å². The Bertz CT molecular complexity index is 769. The smallest absolute Gasteiger partial charge is 0.163 e. The molecule has 0 bridgehead atoms. The summed E-state index contributed by atoms with van der Waals surface area (Å²) in [5.74, 6) is 0.954. The minimum Gasteiger partial charge on any atom is -0.383 e. The monoisotopic (exact) mass is 303 g/mol. The topological polar surface area (TPSA) is 78.9 Å². The summed E-state index contributed by atoms with van der Waals surface area (Å²) >= 11 is 5.84. The lowest BCUT2D eigenvalue weighted by atomic mass is 10.2. The van der Waals surface area contributed by atoms with Crippen LogP contribution in [0.25, 0.3) is 11.0 Å². The molecule has 3 rings (SSSR count). The van der Waals surface area contributed by atoms with Gasteiger partial charge in [0.2, 0.25) is 0 Å². The molecule has 0 unspecified atom stereocenters. The van der Waals surface area contributed by atoms with Gasteiger partial charge < -0.3 is 10.5 Å². The molecule has 0 amide bonds. The number of aromatic nitrogens is 4. The second kappa shape index (κ2) is 5.67. The van der Waals surface area contributed by atoms with Crippen molar-refractivity contribution in [3.8, 4) is 0 Å². The van der Waals surface area contributed by atoms with E-state index in [0.717, 1.165) is 10.9 Å². The number of hydrogen-bond donors (Lipinski definition) is 1. The van der Waals surface area contributed by atoms with Crippen molar-refractivity contribution in [1.29, 1.82) is 0 Å². The number of hydrogen-bond acceptors (Lipinski definition) is 5. The standard InChI is InChI=1S/C14H14ClN5O/c1-20-14-11(6-17-20)13(16)18-12(19-14)8-21-7-9-2-4-10(15)5-3-9/h2-6H,7-8H2,1H3,(H2,16,18,19).